The van der Waals surface area contributed by atoms with E-state index in [-0.39, 0.29) is 35.7 Å². The number of ether oxygens (including phenoxy) is 3. The maximum Gasteiger partial charge on any atom is 0.410 e. The van der Waals surface area contributed by atoms with Gasteiger partial charge in [-0.05, 0) is 56.2 Å². The molecular formula is C23H27NO8. The van der Waals surface area contributed by atoms with Crippen molar-refractivity contribution in [3.63, 3.8) is 0 Å². The molecule has 0 radical (unpaired) electrons. The molecule has 172 valence electrons. The van der Waals surface area contributed by atoms with Crippen molar-refractivity contribution in [2.24, 2.45) is 0 Å². The Bertz CT molecular complexity index is 942. The Morgan fingerprint density at radius 1 is 0.812 bits per heavy atom. The number of aromatic hydroxyl groups is 2. The molecule has 2 rings (SSSR count). The quantitative estimate of drug-likeness (QED) is 0.511. The number of rotatable bonds is 6. The highest BCUT2D eigenvalue weighted by atomic mass is 16.6. The lowest BCUT2D eigenvalue weighted by molar-refractivity contribution is 0.0215. The van der Waals surface area contributed by atoms with Gasteiger partial charge in [-0.2, -0.15) is 0 Å². The van der Waals surface area contributed by atoms with Crippen LogP contribution in [0.2, 0.25) is 0 Å². The number of phenolic OH excluding ortho intramolecular Hbond substituents is 2. The Labute approximate surface area is 186 Å². The van der Waals surface area contributed by atoms with E-state index in [1.54, 1.807) is 32.9 Å². The normalized spacial score (nSPS) is 10.9. The van der Waals surface area contributed by atoms with Crippen LogP contribution < -0.4 is 0 Å². The van der Waals surface area contributed by atoms with Gasteiger partial charge in [0.15, 0.2) is 0 Å². The highest BCUT2D eigenvalue weighted by Crippen LogP contribution is 2.24. The van der Waals surface area contributed by atoms with Gasteiger partial charge in [-0.25, -0.2) is 14.4 Å². The molecule has 0 aliphatic carbocycles. The van der Waals surface area contributed by atoms with Crippen molar-refractivity contribution >= 4 is 18.0 Å². The third-order valence-corrected chi connectivity index (χ3v) is 4.33. The smallest absolute Gasteiger partial charge is 0.410 e. The van der Waals surface area contributed by atoms with Gasteiger partial charge in [-0.15, -0.1) is 0 Å². The third kappa shape index (κ3) is 6.37. The van der Waals surface area contributed by atoms with Crippen LogP contribution in [-0.2, 0) is 27.3 Å². The monoisotopic (exact) mass is 445 g/mol. The fourth-order valence-electron chi connectivity index (χ4n) is 2.87. The zero-order chi connectivity index (χ0) is 24.1. The van der Waals surface area contributed by atoms with E-state index in [0.717, 1.165) is 0 Å². The predicted molar refractivity (Wildman–Crippen MR) is 114 cm³/mol. The van der Waals surface area contributed by atoms with Crippen LogP contribution in [0.1, 0.15) is 52.6 Å². The molecule has 2 aromatic rings. The van der Waals surface area contributed by atoms with Gasteiger partial charge in [0.05, 0.1) is 14.2 Å². The van der Waals surface area contributed by atoms with Crippen LogP contribution in [-0.4, -0.2) is 53.0 Å². The summed E-state index contributed by atoms with van der Waals surface area (Å²) < 4.78 is 14.7. The summed E-state index contributed by atoms with van der Waals surface area (Å²) in [6.07, 6.45) is -0.620. The summed E-state index contributed by atoms with van der Waals surface area (Å²) in [4.78, 5) is 37.5. The molecule has 2 N–H and O–H groups in total. The second-order valence-electron chi connectivity index (χ2n) is 8.02. The van der Waals surface area contributed by atoms with Crippen molar-refractivity contribution in [2.75, 3.05) is 14.2 Å². The van der Waals surface area contributed by atoms with Crippen LogP contribution >= 0.6 is 0 Å². The number of benzene rings is 2. The lowest BCUT2D eigenvalue weighted by atomic mass is 10.1. The molecule has 0 bridgehead atoms. The molecular weight excluding hydrogens is 418 g/mol. The molecule has 0 heterocycles. The van der Waals surface area contributed by atoms with E-state index in [9.17, 15) is 24.6 Å². The van der Waals surface area contributed by atoms with Gasteiger partial charge >= 0.3 is 18.0 Å². The summed E-state index contributed by atoms with van der Waals surface area (Å²) in [5.41, 5.74) is 0.336. The van der Waals surface area contributed by atoms with Crippen LogP contribution in [0.3, 0.4) is 0 Å². The van der Waals surface area contributed by atoms with E-state index in [1.165, 1.54) is 43.4 Å². The highest BCUT2D eigenvalue weighted by molar-refractivity contribution is 5.92. The molecule has 0 spiro atoms. The molecule has 9 nitrogen and oxygen atoms in total. The summed E-state index contributed by atoms with van der Waals surface area (Å²) in [5.74, 6) is -1.92. The van der Waals surface area contributed by atoms with Crippen LogP contribution in [0.25, 0.3) is 0 Å². The molecule has 0 unspecified atom stereocenters. The van der Waals surface area contributed by atoms with E-state index in [1.807, 2.05) is 0 Å². The van der Waals surface area contributed by atoms with Crippen LogP contribution in [0.5, 0.6) is 11.5 Å². The van der Waals surface area contributed by atoms with Gasteiger partial charge in [0, 0.05) is 13.1 Å². The molecule has 0 aliphatic rings. The minimum atomic E-state index is -0.747. The zero-order valence-corrected chi connectivity index (χ0v) is 18.7. The number of nitrogens with zero attached hydrogens (tertiary/aromatic N) is 1. The van der Waals surface area contributed by atoms with Gasteiger partial charge in [0.25, 0.3) is 0 Å². The molecule has 1 amide bonds. The predicted octanol–water partition coefficient (Wildman–Crippen LogP) is 3.61. The molecule has 0 aromatic heterocycles. The van der Waals surface area contributed by atoms with Crippen molar-refractivity contribution in [1.29, 1.82) is 0 Å². The maximum atomic E-state index is 12.8. The van der Waals surface area contributed by atoms with Gasteiger partial charge < -0.3 is 24.4 Å². The number of methoxy groups -OCH3 is 2. The van der Waals surface area contributed by atoms with Crippen LogP contribution in [0.4, 0.5) is 4.79 Å². The lowest BCUT2D eigenvalue weighted by Crippen LogP contribution is -2.36. The van der Waals surface area contributed by atoms with Crippen molar-refractivity contribution in [1.82, 2.24) is 4.90 Å². The van der Waals surface area contributed by atoms with Crippen LogP contribution in [0, 0.1) is 0 Å². The fourth-order valence-corrected chi connectivity index (χ4v) is 2.87. The summed E-state index contributed by atoms with van der Waals surface area (Å²) in [5, 5.41) is 20.3. The van der Waals surface area contributed by atoms with E-state index >= 15 is 0 Å². The summed E-state index contributed by atoms with van der Waals surface area (Å²) in [6, 6.07) is 8.70. The summed E-state index contributed by atoms with van der Waals surface area (Å²) in [7, 11) is 2.42. The Morgan fingerprint density at radius 2 is 1.22 bits per heavy atom. The number of amides is 1. The largest absolute Gasteiger partial charge is 0.507 e. The molecule has 0 aliphatic heterocycles. The van der Waals surface area contributed by atoms with Gasteiger partial charge in [0.2, 0.25) is 0 Å². The summed E-state index contributed by atoms with van der Waals surface area (Å²) >= 11 is 0. The average Bonchev–Trinajstić information content (AvgIpc) is 2.71. The first-order valence-electron chi connectivity index (χ1n) is 9.73. The first kappa shape index (κ1) is 24.5. The van der Waals surface area contributed by atoms with Gasteiger partial charge in [-0.1, -0.05) is 12.1 Å². The second kappa shape index (κ2) is 10.0. The topological polar surface area (TPSA) is 123 Å². The van der Waals surface area contributed by atoms with Crippen molar-refractivity contribution < 1.29 is 38.8 Å². The van der Waals surface area contributed by atoms with E-state index in [4.69, 9.17) is 4.74 Å². The number of hydrogen-bond donors (Lipinski definition) is 2. The number of phenols is 2. The van der Waals surface area contributed by atoms with Crippen molar-refractivity contribution in [3.05, 3.63) is 58.7 Å². The Kier molecular flexibility index (Phi) is 7.69. The molecule has 0 fully saturated rings. The third-order valence-electron chi connectivity index (χ3n) is 4.33. The standard InChI is InChI=1S/C23H27NO8/c1-23(2,3)32-22(29)24(12-14-6-8-16(18(25)10-14)20(27)30-4)13-15-7-9-17(19(26)11-15)21(28)31-5/h6-11,25-26H,12-13H2,1-5H3. The fraction of sp³-hybridized carbons (Fsp3) is 0.348. The zero-order valence-electron chi connectivity index (χ0n) is 18.7. The Balaban J connectivity index is 2.32. The Hall–Kier alpha value is -3.75. The van der Waals surface area contributed by atoms with E-state index in [2.05, 4.69) is 9.47 Å². The number of carbonyl (C=O) groups is 3. The number of esters is 2. The molecule has 2 aromatic carbocycles. The number of carbonyl (C=O) groups excluding carboxylic acids is 3. The maximum absolute atomic E-state index is 12.8. The molecule has 0 saturated heterocycles. The lowest BCUT2D eigenvalue weighted by Gasteiger charge is -2.28. The summed E-state index contributed by atoms with van der Waals surface area (Å²) in [6.45, 7) is 5.29. The molecule has 0 saturated carbocycles. The van der Waals surface area contributed by atoms with Crippen molar-refractivity contribution in [2.45, 2.75) is 39.5 Å². The molecule has 32 heavy (non-hydrogen) atoms. The van der Waals surface area contributed by atoms with E-state index < -0.39 is 23.6 Å². The van der Waals surface area contributed by atoms with E-state index in [0.29, 0.717) is 11.1 Å². The SMILES string of the molecule is COC(=O)c1ccc(CN(Cc2ccc(C(=O)OC)c(O)c2)C(=O)OC(C)(C)C)cc1O. The average molecular weight is 445 g/mol. The van der Waals surface area contributed by atoms with Gasteiger partial charge in [-0.3, -0.25) is 4.90 Å². The second-order valence-corrected chi connectivity index (χ2v) is 8.02. The highest BCUT2D eigenvalue weighted by Gasteiger charge is 2.24. The van der Waals surface area contributed by atoms with Gasteiger partial charge in [0.1, 0.15) is 28.2 Å². The van der Waals surface area contributed by atoms with Crippen LogP contribution in [0.15, 0.2) is 36.4 Å². The number of hydrogen-bond acceptors (Lipinski definition) is 8. The first-order chi connectivity index (χ1) is 14.9. The molecule has 9 heteroatoms. The minimum absolute atomic E-state index is 0.00314. The Morgan fingerprint density at radius 3 is 1.53 bits per heavy atom. The minimum Gasteiger partial charge on any atom is -0.507 e. The first-order valence-corrected chi connectivity index (χ1v) is 9.73. The molecule has 0 atom stereocenters. The van der Waals surface area contributed by atoms with Crippen molar-refractivity contribution in [3.8, 4) is 11.5 Å².